The van der Waals surface area contributed by atoms with Gasteiger partial charge < -0.3 is 15.4 Å². The highest BCUT2D eigenvalue weighted by Crippen LogP contribution is 2.30. The first kappa shape index (κ1) is 21.7. The molecule has 0 saturated carbocycles. The third-order valence-corrected chi connectivity index (χ3v) is 5.92. The van der Waals surface area contributed by atoms with Crippen LogP contribution in [0.25, 0.3) is 11.1 Å². The number of benzene rings is 1. The largest absolute Gasteiger partial charge is 0.483 e. The Morgan fingerprint density at radius 2 is 1.84 bits per heavy atom. The molecule has 2 N–H and O–H groups in total. The maximum Gasteiger partial charge on any atom is 0.260 e. The maximum absolute atomic E-state index is 12.9. The molecule has 7 nitrogen and oxygen atoms in total. The molecule has 1 saturated heterocycles. The number of hydrogen-bond donors (Lipinski definition) is 1. The molecular weight excluding hydrogens is 402 g/mol. The Labute approximate surface area is 188 Å². The Kier molecular flexibility index (Phi) is 6.35. The highest BCUT2D eigenvalue weighted by molar-refractivity contribution is 5.78. The van der Waals surface area contributed by atoms with E-state index in [2.05, 4.69) is 16.0 Å². The average molecular weight is 432 g/mol. The van der Waals surface area contributed by atoms with Gasteiger partial charge >= 0.3 is 0 Å². The molecule has 0 bridgehead atoms. The fourth-order valence-electron chi connectivity index (χ4n) is 4.25. The number of aryl methyl sites for hydroxylation is 3. The molecule has 4 rings (SSSR count). The molecule has 1 atom stereocenters. The maximum atomic E-state index is 12.9. The fraction of sp³-hybridized carbons (Fsp3) is 0.360. The molecule has 7 heteroatoms. The summed E-state index contributed by atoms with van der Waals surface area (Å²) >= 11 is 0. The quantitative estimate of drug-likeness (QED) is 0.660. The Hall–Kier alpha value is -3.48. The van der Waals surface area contributed by atoms with Crippen LogP contribution in [-0.2, 0) is 4.79 Å². The van der Waals surface area contributed by atoms with Gasteiger partial charge in [0.05, 0.1) is 0 Å². The summed E-state index contributed by atoms with van der Waals surface area (Å²) in [6.45, 7) is 7.41. The molecule has 32 heavy (non-hydrogen) atoms. The van der Waals surface area contributed by atoms with Gasteiger partial charge in [-0.3, -0.25) is 9.78 Å². The number of carbonyl (C=O) groups excluding carboxylic acids is 1. The number of para-hydroxylation sites is 1. The predicted octanol–water partition coefficient (Wildman–Crippen LogP) is 3.83. The number of pyridine rings is 1. The minimum absolute atomic E-state index is 0.0113. The molecule has 2 aromatic heterocycles. The summed E-state index contributed by atoms with van der Waals surface area (Å²) in [6.07, 6.45) is 5.39. The number of anilines is 1. The van der Waals surface area contributed by atoms with Crippen LogP contribution >= 0.6 is 0 Å². The van der Waals surface area contributed by atoms with Crippen molar-refractivity contribution in [3.8, 4) is 16.9 Å². The van der Waals surface area contributed by atoms with E-state index in [0.29, 0.717) is 6.54 Å². The van der Waals surface area contributed by atoms with Crippen molar-refractivity contribution in [3.05, 3.63) is 65.2 Å². The number of rotatable bonds is 5. The van der Waals surface area contributed by atoms with Crippen LogP contribution in [0.3, 0.4) is 0 Å². The summed E-state index contributed by atoms with van der Waals surface area (Å²) in [4.78, 5) is 27.8. The number of carbonyl (C=O) groups is 1. The fourth-order valence-corrected chi connectivity index (χ4v) is 4.25. The SMILES string of the molecule is Cc1cc(-c2cnc(N)nc2)cc([C@H]2CCCN(C(=O)COc3c(C)cccc3C)C2)n1. The van der Waals surface area contributed by atoms with Crippen LogP contribution in [-0.4, -0.2) is 45.5 Å². The topological polar surface area (TPSA) is 94.2 Å². The van der Waals surface area contributed by atoms with E-state index < -0.39 is 0 Å². The third kappa shape index (κ3) is 4.88. The molecule has 1 amide bonds. The molecule has 0 spiro atoms. The minimum atomic E-state index is 0.0113. The van der Waals surface area contributed by atoms with Gasteiger partial charge in [0.2, 0.25) is 5.95 Å². The first-order valence-electron chi connectivity index (χ1n) is 10.9. The lowest BCUT2D eigenvalue weighted by Crippen LogP contribution is -2.41. The van der Waals surface area contributed by atoms with Crippen molar-refractivity contribution in [3.63, 3.8) is 0 Å². The molecule has 1 fully saturated rings. The molecule has 0 aliphatic carbocycles. The summed E-state index contributed by atoms with van der Waals surface area (Å²) in [6, 6.07) is 10.1. The first-order valence-corrected chi connectivity index (χ1v) is 10.9. The number of amides is 1. The van der Waals surface area contributed by atoms with Crippen LogP contribution in [0, 0.1) is 20.8 Å². The molecule has 0 radical (unpaired) electrons. The van der Waals surface area contributed by atoms with Crippen molar-refractivity contribution in [2.45, 2.75) is 39.5 Å². The monoisotopic (exact) mass is 431 g/mol. The van der Waals surface area contributed by atoms with E-state index >= 15 is 0 Å². The average Bonchev–Trinajstić information content (AvgIpc) is 2.79. The van der Waals surface area contributed by atoms with E-state index in [0.717, 1.165) is 58.8 Å². The molecule has 1 aromatic carbocycles. The highest BCUT2D eigenvalue weighted by Gasteiger charge is 2.26. The molecular formula is C25H29N5O2. The number of piperidine rings is 1. The van der Waals surface area contributed by atoms with Gasteiger partial charge in [-0.25, -0.2) is 9.97 Å². The van der Waals surface area contributed by atoms with Gasteiger partial charge in [-0.2, -0.15) is 0 Å². The Morgan fingerprint density at radius 1 is 1.12 bits per heavy atom. The summed E-state index contributed by atoms with van der Waals surface area (Å²) in [5.41, 5.74) is 11.5. The number of nitrogens with two attached hydrogens (primary N) is 1. The number of likely N-dealkylation sites (tertiary alicyclic amines) is 1. The third-order valence-electron chi connectivity index (χ3n) is 5.92. The van der Waals surface area contributed by atoms with Gasteiger partial charge in [-0.05, 0) is 62.4 Å². The van der Waals surface area contributed by atoms with E-state index in [-0.39, 0.29) is 24.4 Å². The molecule has 3 aromatic rings. The van der Waals surface area contributed by atoms with Crippen molar-refractivity contribution < 1.29 is 9.53 Å². The van der Waals surface area contributed by atoms with E-state index in [1.165, 1.54) is 0 Å². The lowest BCUT2D eigenvalue weighted by molar-refractivity contribution is -0.134. The van der Waals surface area contributed by atoms with Crippen LogP contribution in [0.5, 0.6) is 5.75 Å². The lowest BCUT2D eigenvalue weighted by atomic mass is 9.92. The van der Waals surface area contributed by atoms with Crippen LogP contribution in [0.4, 0.5) is 5.95 Å². The second-order valence-corrected chi connectivity index (χ2v) is 8.44. The van der Waals surface area contributed by atoms with Crippen LogP contribution in [0.1, 0.15) is 41.3 Å². The zero-order chi connectivity index (χ0) is 22.7. The van der Waals surface area contributed by atoms with Crippen molar-refractivity contribution in [2.75, 3.05) is 25.4 Å². The molecule has 3 heterocycles. The number of ether oxygens (including phenoxy) is 1. The van der Waals surface area contributed by atoms with Gasteiger partial charge in [0.25, 0.3) is 5.91 Å². The second-order valence-electron chi connectivity index (χ2n) is 8.44. The highest BCUT2D eigenvalue weighted by atomic mass is 16.5. The van der Waals surface area contributed by atoms with E-state index in [4.69, 9.17) is 15.5 Å². The smallest absolute Gasteiger partial charge is 0.260 e. The number of nitrogen functional groups attached to an aromatic ring is 1. The van der Waals surface area contributed by atoms with E-state index in [9.17, 15) is 4.79 Å². The normalized spacial score (nSPS) is 16.1. The predicted molar refractivity (Wildman–Crippen MR) is 124 cm³/mol. The summed E-state index contributed by atoms with van der Waals surface area (Å²) < 4.78 is 5.90. The van der Waals surface area contributed by atoms with Gasteiger partial charge in [-0.15, -0.1) is 0 Å². The molecule has 1 aliphatic heterocycles. The Bertz CT molecular complexity index is 1090. The van der Waals surface area contributed by atoms with Crippen molar-refractivity contribution in [1.82, 2.24) is 19.9 Å². The van der Waals surface area contributed by atoms with Crippen LogP contribution in [0.2, 0.25) is 0 Å². The summed E-state index contributed by atoms with van der Waals surface area (Å²) in [7, 11) is 0. The van der Waals surface area contributed by atoms with E-state index in [1.54, 1.807) is 12.4 Å². The molecule has 166 valence electrons. The van der Waals surface area contributed by atoms with Crippen molar-refractivity contribution in [2.24, 2.45) is 0 Å². The van der Waals surface area contributed by atoms with Gasteiger partial charge in [0.1, 0.15) is 5.75 Å². The Morgan fingerprint density at radius 3 is 2.56 bits per heavy atom. The van der Waals surface area contributed by atoms with Crippen molar-refractivity contribution >= 4 is 11.9 Å². The summed E-state index contributed by atoms with van der Waals surface area (Å²) in [5.74, 6) is 1.24. The van der Waals surface area contributed by atoms with E-state index in [1.807, 2.05) is 49.9 Å². The minimum Gasteiger partial charge on any atom is -0.483 e. The van der Waals surface area contributed by atoms with Gasteiger partial charge in [-0.1, -0.05) is 18.2 Å². The van der Waals surface area contributed by atoms with Gasteiger partial charge in [0, 0.05) is 48.4 Å². The standard InChI is InChI=1S/C25H29N5O2/c1-16-6-4-7-17(2)24(16)32-15-23(31)30-9-5-8-19(14-30)22-11-20(10-18(3)29-22)21-12-27-25(26)28-13-21/h4,6-7,10-13,19H,5,8-9,14-15H2,1-3H3,(H2,26,27,28)/t19-/m0/s1. The number of aromatic nitrogens is 3. The van der Waals surface area contributed by atoms with Crippen LogP contribution in [0.15, 0.2) is 42.7 Å². The number of hydrogen-bond acceptors (Lipinski definition) is 6. The summed E-state index contributed by atoms with van der Waals surface area (Å²) in [5, 5.41) is 0. The zero-order valence-corrected chi connectivity index (χ0v) is 18.8. The Balaban J connectivity index is 1.46. The van der Waals surface area contributed by atoms with Crippen molar-refractivity contribution in [1.29, 1.82) is 0 Å². The second kappa shape index (κ2) is 9.34. The lowest BCUT2D eigenvalue weighted by Gasteiger charge is -2.33. The zero-order valence-electron chi connectivity index (χ0n) is 18.8. The van der Waals surface area contributed by atoms with Crippen LogP contribution < -0.4 is 10.5 Å². The molecule has 0 unspecified atom stereocenters. The first-order chi connectivity index (χ1) is 15.4. The molecule has 1 aliphatic rings. The van der Waals surface area contributed by atoms with Gasteiger partial charge in [0.15, 0.2) is 6.61 Å². The number of nitrogens with zero attached hydrogens (tertiary/aromatic N) is 4.